The van der Waals surface area contributed by atoms with Gasteiger partial charge in [0.1, 0.15) is 0 Å². The first kappa shape index (κ1) is 15.8. The van der Waals surface area contributed by atoms with Gasteiger partial charge in [-0.25, -0.2) is 4.79 Å². The third-order valence-corrected chi connectivity index (χ3v) is 4.54. The first-order chi connectivity index (χ1) is 10.1. The number of anilines is 1. The molecule has 0 radical (unpaired) electrons. The fourth-order valence-electron chi connectivity index (χ4n) is 2.01. The van der Waals surface area contributed by atoms with Crippen LogP contribution in [0.3, 0.4) is 0 Å². The molecule has 2 aromatic rings. The number of hydrogen-bond donors (Lipinski definition) is 1. The fourth-order valence-corrected chi connectivity index (χ4v) is 3.38. The van der Waals surface area contributed by atoms with E-state index >= 15 is 0 Å². The second-order valence-corrected chi connectivity index (χ2v) is 6.36. The van der Waals surface area contributed by atoms with Crippen LogP contribution in [0.4, 0.5) is 5.69 Å². The van der Waals surface area contributed by atoms with Crippen LogP contribution in [-0.4, -0.2) is 17.6 Å². The lowest BCUT2D eigenvalue weighted by atomic mass is 10.1. The molecular formula is C16H16BrNO2S. The second kappa shape index (κ2) is 7.43. The minimum Gasteiger partial charge on any atom is -0.478 e. The van der Waals surface area contributed by atoms with E-state index < -0.39 is 5.97 Å². The van der Waals surface area contributed by atoms with Crippen LogP contribution in [0.2, 0.25) is 0 Å². The van der Waals surface area contributed by atoms with Crippen molar-refractivity contribution in [2.24, 2.45) is 0 Å². The summed E-state index contributed by atoms with van der Waals surface area (Å²) in [5, 5.41) is 10.7. The van der Waals surface area contributed by atoms with Crippen LogP contribution in [0.5, 0.6) is 0 Å². The highest BCUT2D eigenvalue weighted by atomic mass is 79.9. The highest BCUT2D eigenvalue weighted by Crippen LogP contribution is 2.29. The molecule has 1 aromatic carbocycles. The van der Waals surface area contributed by atoms with Crippen LogP contribution in [-0.2, 0) is 11.3 Å². The van der Waals surface area contributed by atoms with Crippen LogP contribution < -0.4 is 4.90 Å². The number of carboxylic acid groups (broad SMARTS) is 1. The Kier molecular flexibility index (Phi) is 5.59. The molecule has 0 bridgehead atoms. The molecular weight excluding hydrogens is 350 g/mol. The van der Waals surface area contributed by atoms with Gasteiger partial charge in [0.2, 0.25) is 0 Å². The fraction of sp³-hybridized carbons (Fsp3) is 0.188. The lowest BCUT2D eigenvalue weighted by molar-refractivity contribution is -0.131. The summed E-state index contributed by atoms with van der Waals surface area (Å²) >= 11 is 5.33. The number of halogens is 1. The molecule has 0 aliphatic carbocycles. The van der Waals surface area contributed by atoms with Crippen molar-refractivity contribution in [1.29, 1.82) is 0 Å². The van der Waals surface area contributed by atoms with E-state index in [1.165, 1.54) is 4.88 Å². The van der Waals surface area contributed by atoms with E-state index in [0.717, 1.165) is 34.9 Å². The van der Waals surface area contributed by atoms with E-state index in [-0.39, 0.29) is 0 Å². The molecule has 3 nitrogen and oxygen atoms in total. The number of nitrogens with zero attached hydrogens (tertiary/aromatic N) is 1. The van der Waals surface area contributed by atoms with E-state index in [1.807, 2.05) is 18.2 Å². The lowest BCUT2D eigenvalue weighted by Crippen LogP contribution is -2.21. The number of benzene rings is 1. The van der Waals surface area contributed by atoms with Crippen LogP contribution in [0, 0.1) is 0 Å². The summed E-state index contributed by atoms with van der Waals surface area (Å²) in [6.45, 7) is 3.90. The summed E-state index contributed by atoms with van der Waals surface area (Å²) in [6.07, 6.45) is 2.73. The van der Waals surface area contributed by atoms with Gasteiger partial charge < -0.3 is 10.0 Å². The second-order valence-electron chi connectivity index (χ2n) is 4.48. The summed E-state index contributed by atoms with van der Waals surface area (Å²) in [4.78, 5) is 14.1. The molecule has 0 saturated carbocycles. The summed E-state index contributed by atoms with van der Waals surface area (Å²) < 4.78 is 0.966. The zero-order chi connectivity index (χ0) is 15.2. The Bertz CT molecular complexity index is 638. The van der Waals surface area contributed by atoms with Gasteiger partial charge in [0.05, 0.1) is 12.2 Å². The molecule has 2 rings (SSSR count). The van der Waals surface area contributed by atoms with Gasteiger partial charge in [-0.1, -0.05) is 12.1 Å². The quantitative estimate of drug-likeness (QED) is 0.758. The number of aliphatic carboxylic acids is 1. The third-order valence-electron chi connectivity index (χ3n) is 3.04. The molecule has 1 aromatic heterocycles. The molecule has 0 aliphatic heterocycles. The van der Waals surface area contributed by atoms with Gasteiger partial charge in [-0.15, -0.1) is 11.3 Å². The van der Waals surface area contributed by atoms with Gasteiger partial charge >= 0.3 is 5.97 Å². The Hall–Kier alpha value is -1.59. The lowest BCUT2D eigenvalue weighted by Gasteiger charge is -2.24. The van der Waals surface area contributed by atoms with Crippen LogP contribution in [0.1, 0.15) is 17.4 Å². The minimum atomic E-state index is -0.942. The number of rotatable bonds is 6. The summed E-state index contributed by atoms with van der Waals surface area (Å²) in [5.74, 6) is -0.942. The molecule has 0 fully saturated rings. The van der Waals surface area contributed by atoms with Crippen LogP contribution in [0.25, 0.3) is 6.08 Å². The Morgan fingerprint density at radius 2 is 2.24 bits per heavy atom. The maximum absolute atomic E-state index is 10.6. The van der Waals surface area contributed by atoms with Crippen molar-refractivity contribution in [3.05, 3.63) is 56.7 Å². The average molecular weight is 366 g/mol. The zero-order valence-corrected chi connectivity index (χ0v) is 14.0. The van der Waals surface area contributed by atoms with Gasteiger partial charge in [0.25, 0.3) is 0 Å². The van der Waals surface area contributed by atoms with Crippen LogP contribution in [0.15, 0.2) is 46.3 Å². The van der Waals surface area contributed by atoms with Gasteiger partial charge in [0, 0.05) is 22.0 Å². The summed E-state index contributed by atoms with van der Waals surface area (Å²) in [7, 11) is 0. The van der Waals surface area contributed by atoms with Crippen molar-refractivity contribution in [2.75, 3.05) is 11.4 Å². The van der Waals surface area contributed by atoms with Crippen molar-refractivity contribution in [3.8, 4) is 0 Å². The number of carboxylic acids is 1. The highest BCUT2D eigenvalue weighted by Gasteiger charge is 2.10. The van der Waals surface area contributed by atoms with E-state index in [1.54, 1.807) is 17.4 Å². The summed E-state index contributed by atoms with van der Waals surface area (Å²) in [6, 6.07) is 10.1. The van der Waals surface area contributed by atoms with Gasteiger partial charge in [-0.3, -0.25) is 0 Å². The molecule has 1 N–H and O–H groups in total. The first-order valence-electron chi connectivity index (χ1n) is 6.58. The smallest absolute Gasteiger partial charge is 0.328 e. The Balaban J connectivity index is 2.20. The molecule has 0 unspecified atom stereocenters. The highest BCUT2D eigenvalue weighted by molar-refractivity contribution is 9.10. The van der Waals surface area contributed by atoms with E-state index in [0.29, 0.717) is 0 Å². The van der Waals surface area contributed by atoms with Crippen molar-refractivity contribution in [1.82, 2.24) is 0 Å². The zero-order valence-electron chi connectivity index (χ0n) is 11.6. The largest absolute Gasteiger partial charge is 0.478 e. The number of carbonyl (C=O) groups is 1. The standard InChI is InChI=1S/C16H16BrNO2S/c1-2-18(11-13-4-3-9-21-13)15-7-5-12(10-14(15)17)6-8-16(19)20/h3-10H,2,11H2,1H3,(H,19,20)/b8-6+. The minimum absolute atomic E-state index is 0.861. The van der Waals surface area contributed by atoms with E-state index in [4.69, 9.17) is 5.11 Å². The molecule has 0 amide bonds. The number of hydrogen-bond acceptors (Lipinski definition) is 3. The maximum atomic E-state index is 10.6. The molecule has 0 saturated heterocycles. The molecule has 110 valence electrons. The van der Waals surface area contributed by atoms with Crippen molar-refractivity contribution >= 4 is 45.0 Å². The summed E-state index contributed by atoms with van der Waals surface area (Å²) in [5.41, 5.74) is 1.97. The van der Waals surface area contributed by atoms with Crippen molar-refractivity contribution < 1.29 is 9.90 Å². The molecule has 0 atom stereocenters. The SMILES string of the molecule is CCN(Cc1cccs1)c1ccc(/C=C/C(=O)O)cc1Br. The molecule has 1 heterocycles. The predicted octanol–water partition coefficient (Wildman–Crippen LogP) is 4.63. The van der Waals surface area contributed by atoms with Gasteiger partial charge in [-0.2, -0.15) is 0 Å². The Morgan fingerprint density at radius 3 is 2.81 bits per heavy atom. The third kappa shape index (κ3) is 4.44. The molecule has 5 heteroatoms. The van der Waals surface area contributed by atoms with Gasteiger partial charge in [-0.05, 0) is 58.1 Å². The first-order valence-corrected chi connectivity index (χ1v) is 8.25. The average Bonchev–Trinajstić information content (AvgIpc) is 2.96. The topological polar surface area (TPSA) is 40.5 Å². The molecule has 0 spiro atoms. The van der Waals surface area contributed by atoms with E-state index in [2.05, 4.69) is 45.3 Å². The Morgan fingerprint density at radius 1 is 1.43 bits per heavy atom. The monoisotopic (exact) mass is 365 g/mol. The van der Waals surface area contributed by atoms with Crippen molar-refractivity contribution in [2.45, 2.75) is 13.5 Å². The molecule has 21 heavy (non-hydrogen) atoms. The van der Waals surface area contributed by atoms with Crippen molar-refractivity contribution in [3.63, 3.8) is 0 Å². The van der Waals surface area contributed by atoms with Crippen LogP contribution >= 0.6 is 27.3 Å². The van der Waals surface area contributed by atoms with Gasteiger partial charge in [0.15, 0.2) is 0 Å². The predicted molar refractivity (Wildman–Crippen MR) is 91.9 cm³/mol. The molecule has 0 aliphatic rings. The van der Waals surface area contributed by atoms with E-state index in [9.17, 15) is 4.79 Å². The Labute approximate surface area is 136 Å². The normalized spacial score (nSPS) is 11.0. The number of thiophene rings is 1. The maximum Gasteiger partial charge on any atom is 0.328 e.